The van der Waals surface area contributed by atoms with Gasteiger partial charge < -0.3 is 14.3 Å². The van der Waals surface area contributed by atoms with E-state index < -0.39 is 0 Å². The molecule has 1 fully saturated rings. The SMILES string of the molecule is C[C@H](c1nc2ccccc2c(=O)[nH]1)N1CCN(C(=O)c2ccco2)CC1. The summed E-state index contributed by atoms with van der Waals surface area (Å²) in [5.41, 5.74) is 0.578. The second kappa shape index (κ2) is 6.76. The molecule has 3 heterocycles. The third-order valence-electron chi connectivity index (χ3n) is 4.91. The predicted octanol–water partition coefficient (Wildman–Crippen LogP) is 2.04. The Kier molecular flexibility index (Phi) is 4.30. The minimum Gasteiger partial charge on any atom is -0.459 e. The molecule has 7 nitrogen and oxygen atoms in total. The third kappa shape index (κ3) is 3.01. The molecule has 0 bridgehead atoms. The Bertz CT molecular complexity index is 972. The molecule has 1 aromatic carbocycles. The van der Waals surface area contributed by atoms with Crippen LogP contribution in [-0.2, 0) is 0 Å². The molecule has 1 saturated heterocycles. The molecule has 2 aromatic heterocycles. The maximum Gasteiger partial charge on any atom is 0.289 e. The number of aromatic nitrogens is 2. The summed E-state index contributed by atoms with van der Waals surface area (Å²) in [4.78, 5) is 36.2. The van der Waals surface area contributed by atoms with Gasteiger partial charge in [0.2, 0.25) is 0 Å². The predicted molar refractivity (Wildman–Crippen MR) is 97.0 cm³/mol. The van der Waals surface area contributed by atoms with Crippen LogP contribution in [0.4, 0.5) is 0 Å². The van der Waals surface area contributed by atoms with Gasteiger partial charge in [-0.2, -0.15) is 0 Å². The number of nitrogens with zero attached hydrogens (tertiary/aromatic N) is 3. The van der Waals surface area contributed by atoms with E-state index >= 15 is 0 Å². The highest BCUT2D eigenvalue weighted by molar-refractivity contribution is 5.91. The van der Waals surface area contributed by atoms with Crippen molar-refractivity contribution in [3.8, 4) is 0 Å². The fourth-order valence-electron chi connectivity index (χ4n) is 3.34. The largest absolute Gasteiger partial charge is 0.459 e. The zero-order valence-corrected chi connectivity index (χ0v) is 14.5. The number of rotatable bonds is 3. The molecule has 1 aliphatic heterocycles. The highest BCUT2D eigenvalue weighted by Crippen LogP contribution is 2.20. The van der Waals surface area contributed by atoms with Crippen molar-refractivity contribution < 1.29 is 9.21 Å². The minimum absolute atomic E-state index is 0.0341. The number of carbonyl (C=O) groups is 1. The summed E-state index contributed by atoms with van der Waals surface area (Å²) < 4.78 is 5.19. The molecule has 0 aliphatic carbocycles. The third-order valence-corrected chi connectivity index (χ3v) is 4.91. The number of nitrogens with one attached hydrogen (secondary N) is 1. The highest BCUT2D eigenvalue weighted by Gasteiger charge is 2.27. The number of hydrogen-bond donors (Lipinski definition) is 1. The molecule has 134 valence electrons. The lowest BCUT2D eigenvalue weighted by Gasteiger charge is -2.37. The number of carbonyl (C=O) groups excluding carboxylic acids is 1. The number of aromatic amines is 1. The topological polar surface area (TPSA) is 82.4 Å². The number of hydrogen-bond acceptors (Lipinski definition) is 5. The van der Waals surface area contributed by atoms with Crippen molar-refractivity contribution in [3.63, 3.8) is 0 Å². The van der Waals surface area contributed by atoms with Crippen LogP contribution in [0, 0.1) is 0 Å². The number of para-hydroxylation sites is 1. The van der Waals surface area contributed by atoms with Crippen LogP contribution in [0.15, 0.2) is 51.9 Å². The summed E-state index contributed by atoms with van der Waals surface area (Å²) >= 11 is 0. The molecule has 7 heteroatoms. The lowest BCUT2D eigenvalue weighted by atomic mass is 10.2. The van der Waals surface area contributed by atoms with Crippen molar-refractivity contribution in [2.24, 2.45) is 0 Å². The Hall–Kier alpha value is -2.93. The van der Waals surface area contributed by atoms with Crippen LogP contribution >= 0.6 is 0 Å². The van der Waals surface area contributed by atoms with Crippen molar-refractivity contribution >= 4 is 16.8 Å². The van der Waals surface area contributed by atoms with Gasteiger partial charge in [-0.3, -0.25) is 14.5 Å². The summed E-state index contributed by atoms with van der Waals surface area (Å²) in [5.74, 6) is 0.936. The molecule has 0 radical (unpaired) electrons. The lowest BCUT2D eigenvalue weighted by Crippen LogP contribution is -2.49. The fraction of sp³-hybridized carbons (Fsp3) is 0.316. The van der Waals surface area contributed by atoms with Gasteiger partial charge in [-0.05, 0) is 31.2 Å². The van der Waals surface area contributed by atoms with E-state index in [1.807, 2.05) is 25.1 Å². The maximum absolute atomic E-state index is 12.4. The first-order chi connectivity index (χ1) is 12.6. The van der Waals surface area contributed by atoms with Crippen LogP contribution < -0.4 is 5.56 Å². The maximum atomic E-state index is 12.4. The number of piperazine rings is 1. The van der Waals surface area contributed by atoms with Gasteiger partial charge in [-0.25, -0.2) is 4.98 Å². The van der Waals surface area contributed by atoms with Crippen molar-refractivity contribution in [1.82, 2.24) is 19.8 Å². The molecule has 1 N–H and O–H groups in total. The Morgan fingerprint density at radius 2 is 1.92 bits per heavy atom. The van der Waals surface area contributed by atoms with E-state index in [1.54, 1.807) is 23.1 Å². The highest BCUT2D eigenvalue weighted by atomic mass is 16.3. The van der Waals surface area contributed by atoms with Gasteiger partial charge in [0.15, 0.2) is 5.76 Å². The summed E-state index contributed by atoms with van der Waals surface area (Å²) in [7, 11) is 0. The smallest absolute Gasteiger partial charge is 0.289 e. The molecule has 26 heavy (non-hydrogen) atoms. The Morgan fingerprint density at radius 1 is 1.15 bits per heavy atom. The van der Waals surface area contributed by atoms with Gasteiger partial charge in [-0.1, -0.05) is 12.1 Å². The van der Waals surface area contributed by atoms with E-state index in [0.29, 0.717) is 48.7 Å². The Morgan fingerprint density at radius 3 is 2.65 bits per heavy atom. The lowest BCUT2D eigenvalue weighted by molar-refractivity contribution is 0.0547. The molecule has 4 rings (SSSR count). The summed E-state index contributed by atoms with van der Waals surface area (Å²) in [6.45, 7) is 4.68. The first kappa shape index (κ1) is 16.5. The van der Waals surface area contributed by atoms with Crippen LogP contribution in [0.2, 0.25) is 0 Å². The molecule has 1 atom stereocenters. The van der Waals surface area contributed by atoms with E-state index in [2.05, 4.69) is 14.9 Å². The monoisotopic (exact) mass is 352 g/mol. The Balaban J connectivity index is 1.48. The van der Waals surface area contributed by atoms with Gasteiger partial charge in [0, 0.05) is 26.2 Å². The van der Waals surface area contributed by atoms with Gasteiger partial charge in [-0.15, -0.1) is 0 Å². The number of benzene rings is 1. The minimum atomic E-state index is -0.121. The van der Waals surface area contributed by atoms with E-state index in [0.717, 1.165) is 0 Å². The number of furan rings is 1. The first-order valence-electron chi connectivity index (χ1n) is 8.69. The number of H-pyrrole nitrogens is 1. The molecule has 0 spiro atoms. The first-order valence-corrected chi connectivity index (χ1v) is 8.69. The van der Waals surface area contributed by atoms with Crippen LogP contribution in [0.1, 0.15) is 29.3 Å². The normalized spacial score (nSPS) is 16.7. The molecule has 1 amide bonds. The quantitative estimate of drug-likeness (QED) is 0.780. The van der Waals surface area contributed by atoms with Crippen LogP contribution in [0.3, 0.4) is 0 Å². The zero-order chi connectivity index (χ0) is 18.1. The van der Waals surface area contributed by atoms with Crippen molar-refractivity contribution in [1.29, 1.82) is 0 Å². The van der Waals surface area contributed by atoms with Crippen LogP contribution in [0.5, 0.6) is 0 Å². The van der Waals surface area contributed by atoms with E-state index in [1.165, 1.54) is 6.26 Å². The van der Waals surface area contributed by atoms with Crippen molar-refractivity contribution in [2.45, 2.75) is 13.0 Å². The van der Waals surface area contributed by atoms with Gasteiger partial charge >= 0.3 is 0 Å². The van der Waals surface area contributed by atoms with Crippen LogP contribution in [-0.4, -0.2) is 51.9 Å². The molecule has 0 saturated carbocycles. The van der Waals surface area contributed by atoms with Crippen molar-refractivity contribution in [3.05, 3.63) is 64.6 Å². The number of fused-ring (bicyclic) bond motifs is 1. The summed E-state index contributed by atoms with van der Waals surface area (Å²) in [6, 6.07) is 10.7. The summed E-state index contributed by atoms with van der Waals surface area (Å²) in [5, 5.41) is 0.595. The molecule has 0 unspecified atom stereocenters. The summed E-state index contributed by atoms with van der Waals surface area (Å²) in [6.07, 6.45) is 1.51. The average molecular weight is 352 g/mol. The van der Waals surface area contributed by atoms with E-state index in [-0.39, 0.29) is 17.5 Å². The molecular formula is C19H20N4O3. The standard InChI is InChI=1S/C19H20N4O3/c1-13(17-20-15-6-3-2-5-14(15)18(24)21-17)22-8-10-23(11-9-22)19(25)16-7-4-12-26-16/h2-7,12-13H,8-11H2,1H3,(H,20,21,24)/t13-/m1/s1. The van der Waals surface area contributed by atoms with Gasteiger partial charge in [0.25, 0.3) is 11.5 Å². The van der Waals surface area contributed by atoms with E-state index in [4.69, 9.17) is 4.42 Å². The molecule has 1 aliphatic rings. The number of amides is 1. The zero-order valence-electron chi connectivity index (χ0n) is 14.5. The van der Waals surface area contributed by atoms with Gasteiger partial charge in [0.05, 0.1) is 23.2 Å². The second-order valence-electron chi connectivity index (χ2n) is 6.45. The van der Waals surface area contributed by atoms with Gasteiger partial charge in [0.1, 0.15) is 5.82 Å². The second-order valence-corrected chi connectivity index (χ2v) is 6.45. The molecule has 3 aromatic rings. The molecular weight excluding hydrogens is 332 g/mol. The average Bonchev–Trinajstić information content (AvgIpc) is 3.22. The van der Waals surface area contributed by atoms with Crippen molar-refractivity contribution in [2.75, 3.05) is 26.2 Å². The Labute approximate surface area is 150 Å². The van der Waals surface area contributed by atoms with Crippen LogP contribution in [0.25, 0.3) is 10.9 Å². The van der Waals surface area contributed by atoms with E-state index in [9.17, 15) is 9.59 Å². The fourth-order valence-corrected chi connectivity index (χ4v) is 3.34.